The quantitative estimate of drug-likeness (QED) is 0.0226. The van der Waals surface area contributed by atoms with Crippen LogP contribution < -0.4 is 59.8 Å². The molecule has 0 radical (unpaired) electrons. The summed E-state index contributed by atoms with van der Waals surface area (Å²) >= 11 is 0. The lowest BCUT2D eigenvalue weighted by Gasteiger charge is -2.37. The maximum atomic E-state index is 13.2. The summed E-state index contributed by atoms with van der Waals surface area (Å²) in [4.78, 5) is 142. The van der Waals surface area contributed by atoms with Gasteiger partial charge in [0.15, 0.2) is 0 Å². The van der Waals surface area contributed by atoms with E-state index in [1.807, 2.05) is 55.4 Å². The molecule has 1 aliphatic carbocycles. The SMILES string of the molecule is CC1(CNC(=O)c2nc(OC[C@H]3CCCO3)nc(N3CCC(C4=NCc5ncccc54)CC3)n2)COC1.CNC(=O)c1cc(N2CCC(C3=NCc4ncccc43)CC2)nc(O[C@H](C)COC)n1.COC[C@@H](C)Oc1nc(C(=O)NCC(C)(F)F)nc(N2CCC(C3=NCc4ncccc43)CC2)n1.COC[C@@H](C)Oc1nc(C(=O)NCC2(O)CCC2)nc(N2CCC(c3c[nH]c4ncccc34)CC2)n1. The van der Waals surface area contributed by atoms with Crippen molar-refractivity contribution in [3.05, 3.63) is 148 Å². The van der Waals surface area contributed by atoms with E-state index in [4.69, 9.17) is 57.6 Å². The lowest BCUT2D eigenvalue weighted by Crippen LogP contribution is -2.48. The molecule has 1 saturated carbocycles. The van der Waals surface area contributed by atoms with E-state index in [0.29, 0.717) is 121 Å². The minimum absolute atomic E-state index is 0.0210. The zero-order valence-corrected chi connectivity index (χ0v) is 80.1. The van der Waals surface area contributed by atoms with Crippen LogP contribution in [-0.4, -0.2) is 308 Å². The number of aliphatic hydroxyl groups is 1. The van der Waals surface area contributed by atoms with Crippen LogP contribution in [0, 0.1) is 23.2 Å². The molecule has 740 valence electrons. The molecule has 6 N–H and O–H groups in total. The zero-order chi connectivity index (χ0) is 97.2. The third-order valence-electron chi connectivity index (χ3n) is 26.0. The van der Waals surface area contributed by atoms with Crippen molar-refractivity contribution < 1.29 is 75.7 Å². The normalized spacial score (nSPS) is 19.0. The Kier molecular flexibility index (Phi) is 32.7. The highest BCUT2D eigenvalue weighted by molar-refractivity contribution is 6.06. The topological polar surface area (TPSA) is 479 Å². The molecule has 7 fully saturated rings. The van der Waals surface area contributed by atoms with Crippen LogP contribution in [0.1, 0.15) is 206 Å². The molecule has 9 aromatic heterocycles. The van der Waals surface area contributed by atoms with Crippen LogP contribution in [-0.2, 0) is 43.3 Å². The summed E-state index contributed by atoms with van der Waals surface area (Å²) in [7, 11) is 6.32. The molecular formula is C96H123F2N27O14. The van der Waals surface area contributed by atoms with Gasteiger partial charge >= 0.3 is 24.0 Å². The molecule has 10 aliphatic rings. The van der Waals surface area contributed by atoms with Gasteiger partial charge in [-0.05, 0) is 164 Å². The summed E-state index contributed by atoms with van der Waals surface area (Å²) in [6.45, 7) is 19.4. The number of piperidine rings is 4. The second kappa shape index (κ2) is 45.8. The molecule has 9 aliphatic heterocycles. The van der Waals surface area contributed by atoms with Crippen LogP contribution in [0.25, 0.3) is 11.0 Å². The number of aliphatic imine (C=N–C) groups is 3. The Morgan fingerprint density at radius 2 is 0.957 bits per heavy atom. The first kappa shape index (κ1) is 99.2. The van der Waals surface area contributed by atoms with E-state index >= 15 is 0 Å². The van der Waals surface area contributed by atoms with Crippen molar-refractivity contribution in [1.29, 1.82) is 0 Å². The average Bonchev–Trinajstić information content (AvgIpc) is 1.13. The number of carbonyl (C=O) groups is 4. The number of H-pyrrole nitrogens is 1. The second-order valence-corrected chi connectivity index (χ2v) is 37.1. The number of aromatic amines is 1. The number of amides is 4. The van der Waals surface area contributed by atoms with Gasteiger partial charge in [-0.25, -0.2) is 13.8 Å². The number of aromatic nitrogens is 16. The number of rotatable bonds is 33. The number of carbonyl (C=O) groups excluding carboxylic acids is 4. The summed E-state index contributed by atoms with van der Waals surface area (Å²) in [6, 6.07) is 18.3. The summed E-state index contributed by atoms with van der Waals surface area (Å²) in [5, 5.41) is 22.0. The van der Waals surface area contributed by atoms with Crippen molar-refractivity contribution in [2.75, 3.05) is 166 Å². The monoisotopic (exact) mass is 1920 g/mol. The zero-order valence-electron chi connectivity index (χ0n) is 80.1. The fourth-order valence-corrected chi connectivity index (χ4v) is 18.4. The Morgan fingerprint density at radius 1 is 0.525 bits per heavy atom. The summed E-state index contributed by atoms with van der Waals surface area (Å²) in [6.07, 6.45) is 19.9. The maximum absolute atomic E-state index is 13.2. The summed E-state index contributed by atoms with van der Waals surface area (Å²) in [5.41, 5.74) is 11.6. The Balaban J connectivity index is 0.000000134. The van der Waals surface area contributed by atoms with Gasteiger partial charge in [-0.2, -0.15) is 54.8 Å². The number of pyridine rings is 4. The average molecular weight is 1920 g/mol. The van der Waals surface area contributed by atoms with E-state index in [-0.39, 0.29) is 114 Å². The van der Waals surface area contributed by atoms with Gasteiger partial charge in [0.05, 0.1) is 88.0 Å². The van der Waals surface area contributed by atoms with Crippen molar-refractivity contribution >= 4 is 75.5 Å². The summed E-state index contributed by atoms with van der Waals surface area (Å²) in [5.74, 6) is -1.88. The van der Waals surface area contributed by atoms with Crippen LogP contribution in [0.5, 0.6) is 24.0 Å². The first-order valence-corrected chi connectivity index (χ1v) is 47.8. The molecular weight excluding hydrogens is 1790 g/mol. The highest BCUT2D eigenvalue weighted by Gasteiger charge is 2.40. The predicted molar refractivity (Wildman–Crippen MR) is 509 cm³/mol. The standard InChI is InChI=1S/C26H33N7O4.C25H33N7O4.C23H29F2N7O3.C22H28N6O3/c1-26(15-35-16-26)14-29-23(34)22-30-24(32-25(31-22)37-13-18-4-3-11-36-18)33-9-6-17(7-10-33)21-19-5-2-8-27-20(19)12-28-21;1-16(14-35-2)36-24-30-21(22(33)28-15-25(34)8-4-9-25)29-23(31-24)32-11-6-17(7-12-32)19-13-27-20-18(19)5-3-10-26-20;1-14(12-34-3)35-22-30-19(20(33)28-13-23(2,24)25)29-21(31-22)32-9-6-15(7-10-32)18-16-5-4-8-26-17(16)11-27-18;1-14(13-30-3)31-22-26-17(21(29)23-2)11-19(27-22)28-9-6-15(7-10-28)20-16-5-4-8-24-18(16)12-25-20/h2,5,8,17-18H,3-4,6-7,9-16H2,1H3,(H,29,34);3,5,10,13,16-17,34H,4,6-9,11-12,14-15H2,1-2H3,(H,26,27)(H,28,33);4-5,8,14-15H,6-7,9-13H2,1-3H3,(H,28,33);4-5,8,11,14-15H,6-7,9-10,12-13H2,1-3H3,(H,23,29)/t18-;16-;2*14-/m1111/s1. The smallest absolute Gasteiger partial charge is 0.322 e. The molecule has 4 amide bonds. The number of fused-ring (bicyclic) bond motifs is 4. The highest BCUT2D eigenvalue weighted by Crippen LogP contribution is 2.38. The third-order valence-corrected chi connectivity index (χ3v) is 26.0. The number of halogens is 2. The summed E-state index contributed by atoms with van der Waals surface area (Å²) < 4.78 is 76.0. The molecule has 4 atom stereocenters. The van der Waals surface area contributed by atoms with Crippen LogP contribution in [0.15, 0.2) is 101 Å². The Bertz CT molecular complexity index is 5830. The van der Waals surface area contributed by atoms with Crippen molar-refractivity contribution in [2.45, 2.75) is 180 Å². The predicted octanol–water partition coefficient (Wildman–Crippen LogP) is 8.15. The van der Waals surface area contributed by atoms with E-state index < -0.39 is 29.9 Å². The number of nitrogens with zero attached hydrogens (tertiary/aromatic N) is 22. The van der Waals surface area contributed by atoms with Crippen molar-refractivity contribution in [1.82, 2.24) is 101 Å². The number of alkyl halides is 2. The van der Waals surface area contributed by atoms with Crippen molar-refractivity contribution in [2.24, 2.45) is 38.1 Å². The molecule has 9 aromatic rings. The number of methoxy groups -OCH3 is 3. The third kappa shape index (κ3) is 25.6. The highest BCUT2D eigenvalue weighted by atomic mass is 19.3. The van der Waals surface area contributed by atoms with Gasteiger partial charge in [-0.1, -0.05) is 6.92 Å². The fraction of sp³-hybridized carbons (Fsp3) is 0.562. The number of hydrogen-bond donors (Lipinski definition) is 6. The van der Waals surface area contributed by atoms with Gasteiger partial charge in [0.1, 0.15) is 42.1 Å². The molecule has 0 bridgehead atoms. The van der Waals surface area contributed by atoms with E-state index in [0.717, 1.165) is 169 Å². The first-order valence-electron chi connectivity index (χ1n) is 47.8. The van der Waals surface area contributed by atoms with Crippen molar-refractivity contribution in [3.8, 4) is 24.0 Å². The Labute approximate surface area is 804 Å². The Hall–Kier alpha value is -12.8. The minimum Gasteiger partial charge on any atom is -0.461 e. The van der Waals surface area contributed by atoms with Gasteiger partial charge < -0.3 is 93.6 Å². The van der Waals surface area contributed by atoms with E-state index in [1.54, 1.807) is 46.7 Å². The molecule has 41 nitrogen and oxygen atoms in total. The maximum Gasteiger partial charge on any atom is 0.322 e. The van der Waals surface area contributed by atoms with Gasteiger partial charge in [0.2, 0.25) is 35.3 Å². The number of ether oxygens (including phenoxy) is 9. The molecule has 19 rings (SSSR count). The second-order valence-electron chi connectivity index (χ2n) is 37.1. The van der Waals surface area contributed by atoms with Crippen LogP contribution in [0.2, 0.25) is 0 Å². The molecule has 18 heterocycles. The number of hydrogen-bond acceptors (Lipinski definition) is 36. The van der Waals surface area contributed by atoms with Crippen LogP contribution >= 0.6 is 0 Å². The fourth-order valence-electron chi connectivity index (χ4n) is 18.4. The minimum atomic E-state index is -3.06. The van der Waals surface area contributed by atoms with Crippen LogP contribution in [0.3, 0.4) is 0 Å². The number of anilines is 4. The van der Waals surface area contributed by atoms with Gasteiger partial charge in [0, 0.05) is 207 Å². The lowest BCUT2D eigenvalue weighted by atomic mass is 9.80. The molecule has 0 aromatic carbocycles. The van der Waals surface area contributed by atoms with Crippen molar-refractivity contribution in [3.63, 3.8) is 0 Å². The lowest BCUT2D eigenvalue weighted by molar-refractivity contribution is -0.0978. The van der Waals surface area contributed by atoms with Crippen LogP contribution in [0.4, 0.5) is 32.4 Å². The van der Waals surface area contributed by atoms with E-state index in [1.165, 1.54) is 29.5 Å². The Morgan fingerprint density at radius 3 is 1.39 bits per heavy atom. The molecule has 6 saturated heterocycles. The number of nitrogens with one attached hydrogen (secondary N) is 5. The van der Waals surface area contributed by atoms with Gasteiger partial charge in [-0.15, -0.1) is 0 Å². The van der Waals surface area contributed by atoms with Gasteiger partial charge in [-0.3, -0.25) is 49.1 Å². The molecule has 0 unspecified atom stereocenters. The molecule has 43 heteroatoms. The van der Waals surface area contributed by atoms with E-state index in [2.05, 4.69) is 153 Å². The first-order chi connectivity index (χ1) is 67.3. The van der Waals surface area contributed by atoms with E-state index in [9.17, 15) is 33.1 Å². The van der Waals surface area contributed by atoms with Gasteiger partial charge in [0.25, 0.3) is 29.6 Å². The largest absolute Gasteiger partial charge is 0.461 e. The molecule has 139 heavy (non-hydrogen) atoms. The molecule has 0 spiro atoms.